The molecule has 2 aromatic rings. The van der Waals surface area contributed by atoms with Crippen molar-refractivity contribution in [2.24, 2.45) is 11.7 Å². The van der Waals surface area contributed by atoms with Gasteiger partial charge in [-0.2, -0.15) is 5.10 Å². The molecule has 7 heteroatoms. The van der Waals surface area contributed by atoms with Crippen LogP contribution in [0, 0.1) is 5.92 Å². The van der Waals surface area contributed by atoms with Crippen molar-refractivity contribution in [3.8, 4) is 11.3 Å². The Hall–Kier alpha value is -2.08. The zero-order chi connectivity index (χ0) is 16.2. The lowest BCUT2D eigenvalue weighted by Crippen LogP contribution is -2.27. The van der Waals surface area contributed by atoms with Crippen LogP contribution in [0.1, 0.15) is 31.7 Å². The zero-order valence-corrected chi connectivity index (χ0v) is 13.4. The van der Waals surface area contributed by atoms with Gasteiger partial charge in [0.1, 0.15) is 0 Å². The summed E-state index contributed by atoms with van der Waals surface area (Å²) >= 11 is 6.17. The summed E-state index contributed by atoms with van der Waals surface area (Å²) in [7, 11) is 0. The van der Waals surface area contributed by atoms with E-state index in [4.69, 9.17) is 22.1 Å². The van der Waals surface area contributed by atoms with Crippen molar-refractivity contribution in [2.45, 2.75) is 31.7 Å². The van der Waals surface area contributed by atoms with Crippen LogP contribution < -0.4 is 5.73 Å². The van der Waals surface area contributed by atoms with Crippen molar-refractivity contribution in [2.75, 3.05) is 6.61 Å². The number of rotatable bonds is 6. The lowest BCUT2D eigenvalue weighted by Gasteiger charge is -2.35. The Bertz CT molecular complexity index is 682. The molecule has 0 saturated heterocycles. The number of hydrogen-bond acceptors (Lipinski definition) is 4. The number of nitrogens with two attached hydrogens (primary N) is 1. The summed E-state index contributed by atoms with van der Waals surface area (Å²) in [6.45, 7) is 0.403. The molecule has 1 fully saturated rings. The predicted octanol–water partition coefficient (Wildman–Crippen LogP) is 3.43. The second-order valence-electron chi connectivity index (χ2n) is 5.84. The van der Waals surface area contributed by atoms with E-state index in [9.17, 15) is 4.79 Å². The van der Waals surface area contributed by atoms with Crippen LogP contribution in [0.2, 0.25) is 5.02 Å². The first kappa shape index (κ1) is 15.8. The minimum atomic E-state index is -0.700. The number of carbonyl (C=O) groups excluding carboxylic acids is 1. The quantitative estimate of drug-likeness (QED) is 0.820. The molecule has 0 radical (unpaired) electrons. The van der Waals surface area contributed by atoms with Gasteiger partial charge < -0.3 is 10.5 Å². The minimum absolute atomic E-state index is 0.403. The molecule has 2 aromatic heterocycles. The van der Waals surface area contributed by atoms with Crippen molar-refractivity contribution in [1.82, 2.24) is 14.8 Å². The maximum absolute atomic E-state index is 10.5. The summed E-state index contributed by atoms with van der Waals surface area (Å²) in [5.41, 5.74) is 6.63. The lowest BCUT2D eigenvalue weighted by atomic mass is 9.77. The molecule has 2 N–H and O–H groups in total. The fourth-order valence-electron chi connectivity index (χ4n) is 2.96. The van der Waals surface area contributed by atoms with Crippen molar-refractivity contribution in [3.05, 3.63) is 35.7 Å². The van der Waals surface area contributed by atoms with Crippen LogP contribution in [-0.2, 0) is 4.74 Å². The Labute approximate surface area is 139 Å². The maximum atomic E-state index is 10.5. The first-order valence-corrected chi connectivity index (χ1v) is 8.08. The number of halogens is 1. The molecule has 2 heterocycles. The standard InChI is InChI=1S/C16H19ClN4O2/c17-14-4-1-5-19-15(14)12-9-20-21(10-12)13-7-11(8-13)3-2-6-23-16(18)22/h1,4-5,9-11,13H,2-3,6-8H2,(H2,18,22)/t11-,13-. The molecule has 6 nitrogen and oxygen atoms in total. The van der Waals surface area contributed by atoms with E-state index in [1.54, 1.807) is 6.20 Å². The summed E-state index contributed by atoms with van der Waals surface area (Å²) in [6.07, 6.45) is 8.92. The van der Waals surface area contributed by atoms with Gasteiger partial charge in [-0.25, -0.2) is 4.79 Å². The van der Waals surface area contributed by atoms with Crippen LogP contribution in [0.5, 0.6) is 0 Å². The largest absolute Gasteiger partial charge is 0.450 e. The number of pyridine rings is 1. The third kappa shape index (κ3) is 3.82. The van der Waals surface area contributed by atoms with Gasteiger partial charge in [0.2, 0.25) is 0 Å². The third-order valence-electron chi connectivity index (χ3n) is 4.22. The molecule has 1 saturated carbocycles. The van der Waals surface area contributed by atoms with Gasteiger partial charge in [0.25, 0.3) is 0 Å². The lowest BCUT2D eigenvalue weighted by molar-refractivity contribution is 0.135. The van der Waals surface area contributed by atoms with Crippen LogP contribution in [0.25, 0.3) is 11.3 Å². The van der Waals surface area contributed by atoms with Gasteiger partial charge in [0.05, 0.1) is 29.6 Å². The third-order valence-corrected chi connectivity index (χ3v) is 4.52. The monoisotopic (exact) mass is 334 g/mol. The summed E-state index contributed by atoms with van der Waals surface area (Å²) in [6, 6.07) is 4.07. The molecule has 1 aliphatic carbocycles. The maximum Gasteiger partial charge on any atom is 0.404 e. The van der Waals surface area contributed by atoms with E-state index in [1.165, 1.54) is 0 Å². The Morgan fingerprint density at radius 3 is 3.04 bits per heavy atom. The van der Waals surface area contributed by atoms with E-state index in [0.717, 1.165) is 36.9 Å². The molecule has 1 amide bonds. The van der Waals surface area contributed by atoms with Gasteiger partial charge in [-0.1, -0.05) is 11.6 Å². The van der Waals surface area contributed by atoms with Gasteiger partial charge in [-0.05, 0) is 43.7 Å². The SMILES string of the molecule is NC(=O)OCCC[C@H]1C[C@H](n2cc(-c3ncccc3Cl)cn2)C1. The number of aromatic nitrogens is 3. The molecular formula is C16H19ClN4O2. The highest BCUT2D eigenvalue weighted by molar-refractivity contribution is 6.32. The van der Waals surface area contributed by atoms with Crippen LogP contribution in [-0.4, -0.2) is 27.5 Å². The van der Waals surface area contributed by atoms with Gasteiger partial charge >= 0.3 is 6.09 Å². The van der Waals surface area contributed by atoms with E-state index in [-0.39, 0.29) is 0 Å². The molecule has 3 rings (SSSR count). The van der Waals surface area contributed by atoms with Gasteiger partial charge in [-0.15, -0.1) is 0 Å². The Balaban J connectivity index is 1.49. The van der Waals surface area contributed by atoms with Gasteiger partial charge in [-0.3, -0.25) is 9.67 Å². The Kier molecular flexibility index (Phi) is 4.81. The first-order valence-electron chi connectivity index (χ1n) is 7.70. The Morgan fingerprint density at radius 1 is 1.48 bits per heavy atom. The molecule has 122 valence electrons. The average molecular weight is 335 g/mol. The molecule has 0 atom stereocenters. The summed E-state index contributed by atoms with van der Waals surface area (Å²) in [4.78, 5) is 14.8. The van der Waals surface area contributed by atoms with E-state index >= 15 is 0 Å². The minimum Gasteiger partial charge on any atom is -0.450 e. The predicted molar refractivity (Wildman–Crippen MR) is 87.0 cm³/mol. The molecule has 0 spiro atoms. The number of carbonyl (C=O) groups is 1. The number of nitrogens with zero attached hydrogens (tertiary/aromatic N) is 3. The average Bonchev–Trinajstić information content (AvgIpc) is 2.94. The second-order valence-corrected chi connectivity index (χ2v) is 6.25. The van der Waals surface area contributed by atoms with Crippen molar-refractivity contribution in [3.63, 3.8) is 0 Å². The smallest absolute Gasteiger partial charge is 0.404 e. The zero-order valence-electron chi connectivity index (χ0n) is 12.7. The molecule has 23 heavy (non-hydrogen) atoms. The van der Waals surface area contributed by atoms with E-state index < -0.39 is 6.09 Å². The first-order chi connectivity index (χ1) is 11.1. The summed E-state index contributed by atoms with van der Waals surface area (Å²) in [5.74, 6) is 0.655. The number of ether oxygens (including phenoxy) is 1. The molecule has 1 aliphatic rings. The molecule has 0 aliphatic heterocycles. The fraction of sp³-hybridized carbons (Fsp3) is 0.438. The van der Waals surface area contributed by atoms with Crippen molar-refractivity contribution < 1.29 is 9.53 Å². The van der Waals surface area contributed by atoms with Crippen LogP contribution in [0.3, 0.4) is 0 Å². The van der Waals surface area contributed by atoms with E-state index in [1.807, 2.05) is 29.2 Å². The second kappa shape index (κ2) is 7.00. The topological polar surface area (TPSA) is 83.0 Å². The highest BCUT2D eigenvalue weighted by atomic mass is 35.5. The highest BCUT2D eigenvalue weighted by Crippen LogP contribution is 2.40. The van der Waals surface area contributed by atoms with Crippen LogP contribution in [0.4, 0.5) is 4.79 Å². The van der Waals surface area contributed by atoms with Gasteiger partial charge in [0.15, 0.2) is 0 Å². The summed E-state index contributed by atoms with van der Waals surface area (Å²) in [5, 5.41) is 5.07. The molecule has 0 bridgehead atoms. The summed E-state index contributed by atoms with van der Waals surface area (Å²) < 4.78 is 6.73. The van der Waals surface area contributed by atoms with Crippen LogP contribution in [0.15, 0.2) is 30.7 Å². The molecule has 0 aromatic carbocycles. The number of amides is 1. The Morgan fingerprint density at radius 2 is 2.30 bits per heavy atom. The number of hydrogen-bond donors (Lipinski definition) is 1. The normalized spacial score (nSPS) is 20.0. The van der Waals surface area contributed by atoms with Gasteiger partial charge in [0, 0.05) is 18.0 Å². The number of primary amides is 1. The fourth-order valence-corrected chi connectivity index (χ4v) is 3.19. The highest BCUT2D eigenvalue weighted by Gasteiger charge is 2.30. The van der Waals surface area contributed by atoms with Crippen molar-refractivity contribution >= 4 is 17.7 Å². The van der Waals surface area contributed by atoms with Crippen molar-refractivity contribution in [1.29, 1.82) is 0 Å². The molecule has 0 unspecified atom stereocenters. The molecular weight excluding hydrogens is 316 g/mol. The van der Waals surface area contributed by atoms with Crippen LogP contribution >= 0.6 is 11.6 Å². The van der Waals surface area contributed by atoms with E-state index in [2.05, 4.69) is 10.1 Å². The van der Waals surface area contributed by atoms with E-state index in [0.29, 0.717) is 23.6 Å².